The largest absolute Gasteiger partial charge is 0.308 e. The number of piperidine rings is 1. The lowest BCUT2D eigenvalue weighted by Crippen LogP contribution is -2.66. The molecule has 0 aromatic rings. The van der Waals surface area contributed by atoms with Crippen LogP contribution in [0.1, 0.15) is 64.7 Å². The van der Waals surface area contributed by atoms with Crippen LogP contribution in [-0.2, 0) is 0 Å². The molecule has 3 saturated heterocycles. The van der Waals surface area contributed by atoms with Crippen molar-refractivity contribution in [3.05, 3.63) is 0 Å². The lowest BCUT2D eigenvalue weighted by Gasteiger charge is -2.51. The maximum atomic E-state index is 3.96. The van der Waals surface area contributed by atoms with Crippen molar-refractivity contribution in [3.8, 4) is 0 Å². The third-order valence-electron chi connectivity index (χ3n) is 6.96. The van der Waals surface area contributed by atoms with Crippen molar-refractivity contribution in [2.75, 3.05) is 26.2 Å². The van der Waals surface area contributed by atoms with E-state index in [4.69, 9.17) is 0 Å². The highest BCUT2D eigenvalue weighted by atomic mass is 15.3. The molecule has 0 radical (unpaired) electrons. The Balaban J connectivity index is 1.47. The van der Waals surface area contributed by atoms with E-state index in [2.05, 4.69) is 22.0 Å². The van der Waals surface area contributed by atoms with Gasteiger partial charge in [0.25, 0.3) is 0 Å². The Morgan fingerprint density at radius 3 is 2.71 bits per heavy atom. The first-order chi connectivity index (χ1) is 10.3. The smallest absolute Gasteiger partial charge is 0.0309 e. The number of piperazine rings is 1. The molecule has 1 spiro atoms. The van der Waals surface area contributed by atoms with Crippen LogP contribution in [0.5, 0.6) is 0 Å². The van der Waals surface area contributed by atoms with Crippen molar-refractivity contribution < 1.29 is 0 Å². The molecule has 120 valence electrons. The summed E-state index contributed by atoms with van der Waals surface area (Å²) in [6.07, 6.45) is 12.8. The number of hydrogen-bond donors (Lipinski definition) is 1. The van der Waals surface area contributed by atoms with Gasteiger partial charge in [-0.3, -0.25) is 4.90 Å². The highest BCUT2D eigenvalue weighted by Crippen LogP contribution is 2.37. The predicted molar refractivity (Wildman–Crippen MR) is 87.6 cm³/mol. The average molecular weight is 291 g/mol. The SMILES string of the molecule is CCC1CNC2(CCCC2)CN1C1CCN2CCCC2C1. The Hall–Kier alpha value is -0.120. The monoisotopic (exact) mass is 291 g/mol. The van der Waals surface area contributed by atoms with Crippen molar-refractivity contribution in [2.24, 2.45) is 0 Å². The summed E-state index contributed by atoms with van der Waals surface area (Å²) >= 11 is 0. The van der Waals surface area contributed by atoms with Crippen LogP contribution in [-0.4, -0.2) is 59.6 Å². The molecule has 21 heavy (non-hydrogen) atoms. The van der Waals surface area contributed by atoms with Gasteiger partial charge in [0.1, 0.15) is 0 Å². The van der Waals surface area contributed by atoms with Crippen molar-refractivity contribution in [1.82, 2.24) is 15.1 Å². The van der Waals surface area contributed by atoms with Gasteiger partial charge in [-0.25, -0.2) is 0 Å². The van der Waals surface area contributed by atoms with Gasteiger partial charge in [-0.05, 0) is 58.0 Å². The van der Waals surface area contributed by atoms with E-state index in [1.807, 2.05) is 0 Å². The zero-order chi connectivity index (χ0) is 14.3. The highest BCUT2D eigenvalue weighted by molar-refractivity contribution is 5.03. The molecule has 4 rings (SSSR count). The van der Waals surface area contributed by atoms with Gasteiger partial charge in [0.15, 0.2) is 0 Å². The number of hydrogen-bond acceptors (Lipinski definition) is 3. The Morgan fingerprint density at radius 2 is 1.90 bits per heavy atom. The lowest BCUT2D eigenvalue weighted by molar-refractivity contribution is 0.00520. The molecule has 3 heterocycles. The van der Waals surface area contributed by atoms with E-state index < -0.39 is 0 Å². The second-order valence-electron chi connectivity index (χ2n) is 8.11. The number of rotatable bonds is 2. The van der Waals surface area contributed by atoms with Crippen molar-refractivity contribution in [3.63, 3.8) is 0 Å². The maximum absolute atomic E-state index is 3.96. The zero-order valence-corrected chi connectivity index (χ0v) is 13.8. The molecule has 4 aliphatic rings. The van der Waals surface area contributed by atoms with Crippen LogP contribution in [0.4, 0.5) is 0 Å². The summed E-state index contributed by atoms with van der Waals surface area (Å²) in [7, 11) is 0. The summed E-state index contributed by atoms with van der Waals surface area (Å²) in [5.74, 6) is 0. The van der Waals surface area contributed by atoms with E-state index in [9.17, 15) is 0 Å². The third kappa shape index (κ3) is 2.66. The van der Waals surface area contributed by atoms with Crippen LogP contribution in [0.15, 0.2) is 0 Å². The molecule has 3 unspecified atom stereocenters. The normalized spacial score (nSPS) is 40.7. The minimum atomic E-state index is 0.485. The minimum Gasteiger partial charge on any atom is -0.308 e. The van der Waals surface area contributed by atoms with Crippen molar-refractivity contribution in [2.45, 2.75) is 88.4 Å². The Kier molecular flexibility index (Phi) is 4.01. The van der Waals surface area contributed by atoms with Crippen LogP contribution in [0.25, 0.3) is 0 Å². The summed E-state index contributed by atoms with van der Waals surface area (Å²) in [6.45, 7) is 7.70. The number of nitrogens with one attached hydrogen (secondary N) is 1. The van der Waals surface area contributed by atoms with Gasteiger partial charge >= 0.3 is 0 Å². The quantitative estimate of drug-likeness (QED) is 0.844. The molecule has 1 saturated carbocycles. The van der Waals surface area contributed by atoms with E-state index in [1.54, 1.807) is 0 Å². The highest BCUT2D eigenvalue weighted by Gasteiger charge is 2.44. The van der Waals surface area contributed by atoms with Gasteiger partial charge in [-0.1, -0.05) is 19.8 Å². The van der Waals surface area contributed by atoms with Gasteiger partial charge in [0.05, 0.1) is 0 Å². The van der Waals surface area contributed by atoms with Crippen molar-refractivity contribution >= 4 is 0 Å². The molecule has 0 bridgehead atoms. The Labute approximate surface area is 130 Å². The van der Waals surface area contributed by atoms with E-state index in [1.165, 1.54) is 84.0 Å². The summed E-state index contributed by atoms with van der Waals surface area (Å²) in [6, 6.07) is 2.57. The van der Waals surface area contributed by atoms with Gasteiger partial charge in [0, 0.05) is 36.8 Å². The Bertz CT molecular complexity index is 363. The molecule has 3 atom stereocenters. The second-order valence-corrected chi connectivity index (χ2v) is 8.11. The molecule has 3 aliphatic heterocycles. The predicted octanol–water partition coefficient (Wildman–Crippen LogP) is 2.61. The summed E-state index contributed by atoms with van der Waals surface area (Å²) in [5.41, 5.74) is 0.485. The topological polar surface area (TPSA) is 18.5 Å². The standard InChI is InChI=1S/C18H33N3/c1-2-15-13-19-18(8-3-4-9-18)14-21(15)17-7-11-20-10-5-6-16(20)12-17/h15-17,19H,2-14H2,1H3. The van der Waals surface area contributed by atoms with Crippen LogP contribution in [0, 0.1) is 0 Å². The fourth-order valence-corrected chi connectivity index (χ4v) is 5.68. The molecule has 3 nitrogen and oxygen atoms in total. The molecular weight excluding hydrogens is 258 g/mol. The minimum absolute atomic E-state index is 0.485. The Morgan fingerprint density at radius 1 is 1.05 bits per heavy atom. The van der Waals surface area contributed by atoms with E-state index in [0.29, 0.717) is 5.54 Å². The number of fused-ring (bicyclic) bond motifs is 1. The fourth-order valence-electron chi connectivity index (χ4n) is 5.68. The van der Waals surface area contributed by atoms with E-state index in [-0.39, 0.29) is 0 Å². The van der Waals surface area contributed by atoms with Gasteiger partial charge in [0.2, 0.25) is 0 Å². The summed E-state index contributed by atoms with van der Waals surface area (Å²) < 4.78 is 0. The molecule has 0 aromatic heterocycles. The van der Waals surface area contributed by atoms with Crippen LogP contribution in [0.2, 0.25) is 0 Å². The van der Waals surface area contributed by atoms with Crippen LogP contribution in [0.3, 0.4) is 0 Å². The first-order valence-corrected chi connectivity index (χ1v) is 9.54. The average Bonchev–Trinajstić information content (AvgIpc) is 3.16. The number of nitrogens with zero attached hydrogens (tertiary/aromatic N) is 2. The summed E-state index contributed by atoms with van der Waals surface area (Å²) in [4.78, 5) is 5.72. The van der Waals surface area contributed by atoms with E-state index in [0.717, 1.165) is 18.1 Å². The van der Waals surface area contributed by atoms with E-state index >= 15 is 0 Å². The summed E-state index contributed by atoms with van der Waals surface area (Å²) in [5, 5.41) is 3.96. The third-order valence-corrected chi connectivity index (χ3v) is 6.96. The molecule has 3 heteroatoms. The fraction of sp³-hybridized carbons (Fsp3) is 1.00. The van der Waals surface area contributed by atoms with Gasteiger partial charge in [-0.2, -0.15) is 0 Å². The van der Waals surface area contributed by atoms with Gasteiger partial charge in [-0.15, -0.1) is 0 Å². The lowest BCUT2D eigenvalue weighted by atomic mass is 9.87. The van der Waals surface area contributed by atoms with Crippen LogP contribution >= 0.6 is 0 Å². The molecule has 1 N–H and O–H groups in total. The van der Waals surface area contributed by atoms with Crippen molar-refractivity contribution in [1.29, 1.82) is 0 Å². The second kappa shape index (κ2) is 5.82. The molecule has 0 aromatic carbocycles. The van der Waals surface area contributed by atoms with Gasteiger partial charge < -0.3 is 10.2 Å². The molecule has 0 amide bonds. The zero-order valence-electron chi connectivity index (χ0n) is 13.8. The van der Waals surface area contributed by atoms with Crippen LogP contribution < -0.4 is 5.32 Å². The maximum Gasteiger partial charge on any atom is 0.0309 e. The molecule has 4 fully saturated rings. The molecular formula is C18H33N3. The first kappa shape index (κ1) is 14.5. The first-order valence-electron chi connectivity index (χ1n) is 9.54. The molecule has 1 aliphatic carbocycles.